The first kappa shape index (κ1) is 12.2. The molecule has 0 aromatic heterocycles. The maximum atomic E-state index is 12.1. The van der Waals surface area contributed by atoms with Crippen LogP contribution in [0.25, 0.3) is 0 Å². The summed E-state index contributed by atoms with van der Waals surface area (Å²) in [7, 11) is 1.91. The van der Waals surface area contributed by atoms with Crippen molar-refractivity contribution in [2.75, 3.05) is 7.05 Å². The lowest BCUT2D eigenvalue weighted by Crippen LogP contribution is -2.31. The Hall–Kier alpha value is -1.31. The second kappa shape index (κ2) is 4.52. The molecule has 92 valence electrons. The molecule has 0 saturated heterocycles. The van der Waals surface area contributed by atoms with E-state index in [4.69, 9.17) is 0 Å². The Kier molecular flexibility index (Phi) is 3.23. The van der Waals surface area contributed by atoms with Crippen LogP contribution in [0.2, 0.25) is 0 Å². The molecule has 1 aromatic rings. The van der Waals surface area contributed by atoms with Gasteiger partial charge in [0, 0.05) is 13.0 Å². The minimum atomic E-state index is 0.163. The molecule has 1 fully saturated rings. The molecule has 2 heteroatoms. The summed E-state index contributed by atoms with van der Waals surface area (Å²) in [5.74, 6) is 1.15. The van der Waals surface area contributed by atoms with Gasteiger partial charge in [-0.15, -0.1) is 0 Å². The molecule has 1 aromatic carbocycles. The molecule has 0 bridgehead atoms. The van der Waals surface area contributed by atoms with Gasteiger partial charge in [-0.1, -0.05) is 36.8 Å². The lowest BCUT2D eigenvalue weighted by atomic mass is 10.1. The number of hydrogen-bond donors (Lipinski definition) is 0. The Balaban J connectivity index is 2.06. The fraction of sp³-hybridized carbons (Fsp3) is 0.533. The van der Waals surface area contributed by atoms with E-state index >= 15 is 0 Å². The van der Waals surface area contributed by atoms with Crippen molar-refractivity contribution in [3.8, 4) is 0 Å². The van der Waals surface area contributed by atoms with E-state index in [1.54, 1.807) is 0 Å². The molecule has 0 spiro atoms. The number of aryl methyl sites for hydroxylation is 1. The Morgan fingerprint density at radius 1 is 1.35 bits per heavy atom. The van der Waals surface area contributed by atoms with Crippen LogP contribution in [-0.4, -0.2) is 17.9 Å². The van der Waals surface area contributed by atoms with Crippen molar-refractivity contribution in [2.24, 2.45) is 11.8 Å². The van der Waals surface area contributed by atoms with Gasteiger partial charge < -0.3 is 4.90 Å². The Morgan fingerprint density at radius 3 is 2.35 bits per heavy atom. The molecule has 3 atom stereocenters. The van der Waals surface area contributed by atoms with Crippen molar-refractivity contribution in [2.45, 2.75) is 33.2 Å². The number of benzene rings is 1. The predicted molar refractivity (Wildman–Crippen MR) is 69.6 cm³/mol. The van der Waals surface area contributed by atoms with Crippen molar-refractivity contribution >= 4 is 5.91 Å². The first-order valence-corrected chi connectivity index (χ1v) is 6.34. The molecule has 0 aliphatic heterocycles. The highest BCUT2D eigenvalue weighted by atomic mass is 16.2. The van der Waals surface area contributed by atoms with E-state index in [-0.39, 0.29) is 12.0 Å². The lowest BCUT2D eigenvalue weighted by Gasteiger charge is -2.25. The van der Waals surface area contributed by atoms with Gasteiger partial charge in [-0.3, -0.25) is 4.79 Å². The Labute approximate surface area is 104 Å². The summed E-state index contributed by atoms with van der Waals surface area (Å²) in [5, 5.41) is 0. The summed E-state index contributed by atoms with van der Waals surface area (Å²) in [4.78, 5) is 14.0. The third-order valence-electron chi connectivity index (χ3n) is 3.92. The van der Waals surface area contributed by atoms with Crippen LogP contribution in [0.4, 0.5) is 0 Å². The molecule has 2 rings (SSSR count). The monoisotopic (exact) mass is 231 g/mol. The second-order valence-corrected chi connectivity index (χ2v) is 5.36. The zero-order valence-corrected chi connectivity index (χ0v) is 11.1. The number of carbonyl (C=O) groups excluding carboxylic acids is 1. The van der Waals surface area contributed by atoms with E-state index < -0.39 is 0 Å². The van der Waals surface area contributed by atoms with E-state index in [0.29, 0.717) is 11.8 Å². The number of nitrogens with zero attached hydrogens (tertiary/aromatic N) is 1. The summed E-state index contributed by atoms with van der Waals surface area (Å²) in [5.41, 5.74) is 2.46. The molecular weight excluding hydrogens is 210 g/mol. The SMILES string of the molecule is Cc1ccc(C(C)N(C)C(=O)C2CC2C)cc1. The highest BCUT2D eigenvalue weighted by Crippen LogP contribution is 2.40. The van der Waals surface area contributed by atoms with E-state index in [0.717, 1.165) is 6.42 Å². The van der Waals surface area contributed by atoms with Crippen LogP contribution in [-0.2, 0) is 4.79 Å². The first-order valence-electron chi connectivity index (χ1n) is 6.34. The molecule has 1 aliphatic rings. The first-order chi connectivity index (χ1) is 8.00. The summed E-state index contributed by atoms with van der Waals surface area (Å²) in [6.07, 6.45) is 1.06. The number of hydrogen-bond acceptors (Lipinski definition) is 1. The van der Waals surface area contributed by atoms with E-state index in [2.05, 4.69) is 45.0 Å². The summed E-state index contributed by atoms with van der Waals surface area (Å²) < 4.78 is 0. The van der Waals surface area contributed by atoms with Crippen LogP contribution in [0, 0.1) is 18.8 Å². The van der Waals surface area contributed by atoms with E-state index in [1.165, 1.54) is 11.1 Å². The fourth-order valence-electron chi connectivity index (χ4n) is 2.19. The summed E-state index contributed by atoms with van der Waals surface area (Å²) in [6.45, 7) is 6.32. The highest BCUT2D eigenvalue weighted by molar-refractivity contribution is 5.81. The lowest BCUT2D eigenvalue weighted by molar-refractivity contribution is -0.133. The molecule has 2 nitrogen and oxygen atoms in total. The number of carbonyl (C=O) groups is 1. The number of rotatable bonds is 3. The normalized spacial score (nSPS) is 24.2. The van der Waals surface area contributed by atoms with Gasteiger partial charge in [0.25, 0.3) is 0 Å². The van der Waals surface area contributed by atoms with Gasteiger partial charge in [-0.2, -0.15) is 0 Å². The fourth-order valence-corrected chi connectivity index (χ4v) is 2.19. The Bertz CT molecular complexity index is 409. The zero-order valence-electron chi connectivity index (χ0n) is 11.1. The molecular formula is C15H21NO. The molecule has 1 aliphatic carbocycles. The maximum Gasteiger partial charge on any atom is 0.226 e. The molecule has 17 heavy (non-hydrogen) atoms. The van der Waals surface area contributed by atoms with Gasteiger partial charge in [0.05, 0.1) is 6.04 Å². The highest BCUT2D eigenvalue weighted by Gasteiger charge is 2.41. The smallest absolute Gasteiger partial charge is 0.226 e. The van der Waals surface area contributed by atoms with Gasteiger partial charge in [-0.05, 0) is 31.7 Å². The van der Waals surface area contributed by atoms with Gasteiger partial charge in [0.1, 0.15) is 0 Å². The van der Waals surface area contributed by atoms with Crippen LogP contribution in [0.1, 0.15) is 37.4 Å². The van der Waals surface area contributed by atoms with Crippen LogP contribution < -0.4 is 0 Å². The van der Waals surface area contributed by atoms with Crippen molar-refractivity contribution in [3.63, 3.8) is 0 Å². The third-order valence-corrected chi connectivity index (χ3v) is 3.92. The van der Waals surface area contributed by atoms with Crippen LogP contribution >= 0.6 is 0 Å². The van der Waals surface area contributed by atoms with E-state index in [1.807, 2.05) is 11.9 Å². The van der Waals surface area contributed by atoms with Crippen LogP contribution in [0.5, 0.6) is 0 Å². The molecule has 1 saturated carbocycles. The standard InChI is InChI=1S/C15H21NO/c1-10-5-7-13(8-6-10)12(3)16(4)15(17)14-9-11(14)2/h5-8,11-12,14H,9H2,1-4H3. The molecule has 0 N–H and O–H groups in total. The topological polar surface area (TPSA) is 20.3 Å². The van der Waals surface area contributed by atoms with Gasteiger partial charge in [0.2, 0.25) is 5.91 Å². The molecule has 1 amide bonds. The third kappa shape index (κ3) is 2.51. The average Bonchev–Trinajstić information content (AvgIpc) is 3.04. The van der Waals surface area contributed by atoms with E-state index in [9.17, 15) is 4.79 Å². The van der Waals surface area contributed by atoms with Crippen molar-refractivity contribution < 1.29 is 4.79 Å². The zero-order chi connectivity index (χ0) is 12.6. The predicted octanol–water partition coefficient (Wildman–Crippen LogP) is 3.17. The Morgan fingerprint density at radius 2 is 1.88 bits per heavy atom. The number of amides is 1. The second-order valence-electron chi connectivity index (χ2n) is 5.36. The molecule has 0 radical (unpaired) electrons. The van der Waals surface area contributed by atoms with Gasteiger partial charge >= 0.3 is 0 Å². The minimum absolute atomic E-state index is 0.163. The van der Waals surface area contributed by atoms with Crippen LogP contribution in [0.3, 0.4) is 0 Å². The van der Waals surface area contributed by atoms with Gasteiger partial charge in [0.15, 0.2) is 0 Å². The van der Waals surface area contributed by atoms with Crippen molar-refractivity contribution in [1.29, 1.82) is 0 Å². The summed E-state index contributed by atoms with van der Waals surface area (Å²) in [6, 6.07) is 8.59. The van der Waals surface area contributed by atoms with Crippen LogP contribution in [0.15, 0.2) is 24.3 Å². The van der Waals surface area contributed by atoms with Crippen molar-refractivity contribution in [3.05, 3.63) is 35.4 Å². The maximum absolute atomic E-state index is 12.1. The summed E-state index contributed by atoms with van der Waals surface area (Å²) >= 11 is 0. The molecule has 3 unspecified atom stereocenters. The van der Waals surface area contributed by atoms with Gasteiger partial charge in [-0.25, -0.2) is 0 Å². The average molecular weight is 231 g/mol. The minimum Gasteiger partial charge on any atom is -0.339 e. The quantitative estimate of drug-likeness (QED) is 0.782. The van der Waals surface area contributed by atoms with Crippen molar-refractivity contribution in [1.82, 2.24) is 4.90 Å². The molecule has 0 heterocycles. The largest absolute Gasteiger partial charge is 0.339 e.